The van der Waals surface area contributed by atoms with Crippen molar-refractivity contribution < 1.29 is 23.1 Å². The highest BCUT2D eigenvalue weighted by atomic mass is 32.2. The molecule has 7 nitrogen and oxygen atoms in total. The fourth-order valence-corrected chi connectivity index (χ4v) is 5.52. The normalized spacial score (nSPS) is 22.8. The molecule has 1 fully saturated rings. The number of piperazine rings is 1. The van der Waals surface area contributed by atoms with Crippen molar-refractivity contribution in [3.05, 3.63) is 42.0 Å². The number of carboxylic acids is 1. The topological polar surface area (TPSA) is 95.0 Å². The Morgan fingerprint density at radius 1 is 1.00 bits per heavy atom. The van der Waals surface area contributed by atoms with Crippen molar-refractivity contribution in [3.63, 3.8) is 0 Å². The number of amides is 1. The Balaban J connectivity index is 1.62. The van der Waals surface area contributed by atoms with Crippen molar-refractivity contribution in [3.8, 4) is 0 Å². The van der Waals surface area contributed by atoms with Crippen LogP contribution in [0.5, 0.6) is 0 Å². The number of carbonyl (C=O) groups excluding carboxylic acids is 1. The number of carbonyl (C=O) groups is 2. The van der Waals surface area contributed by atoms with E-state index in [1.807, 2.05) is 18.2 Å². The molecule has 0 saturated carbocycles. The van der Waals surface area contributed by atoms with Gasteiger partial charge in [0.05, 0.1) is 16.7 Å². The van der Waals surface area contributed by atoms with Gasteiger partial charge in [0, 0.05) is 26.2 Å². The lowest BCUT2D eigenvalue weighted by atomic mass is 9.82. The van der Waals surface area contributed by atoms with Crippen LogP contribution in [0.1, 0.15) is 38.2 Å². The van der Waals surface area contributed by atoms with Crippen LogP contribution in [0, 0.1) is 11.8 Å². The molecule has 1 heterocycles. The number of carboxylic acid groups (broad SMARTS) is 1. The van der Waals surface area contributed by atoms with Gasteiger partial charge in [0.1, 0.15) is 0 Å². The van der Waals surface area contributed by atoms with Gasteiger partial charge in [-0.2, -0.15) is 4.31 Å². The van der Waals surface area contributed by atoms with Crippen LogP contribution in [-0.2, 0) is 26.0 Å². The van der Waals surface area contributed by atoms with Gasteiger partial charge < -0.3 is 10.0 Å². The zero-order valence-electron chi connectivity index (χ0n) is 17.4. The molecule has 1 saturated heterocycles. The lowest BCUT2D eigenvalue weighted by Gasteiger charge is -2.37. The summed E-state index contributed by atoms with van der Waals surface area (Å²) in [4.78, 5) is 26.2. The van der Waals surface area contributed by atoms with Gasteiger partial charge in [-0.05, 0) is 43.4 Å². The number of rotatable bonds is 7. The number of benzene rings is 1. The quantitative estimate of drug-likeness (QED) is 0.666. The number of hydrogen-bond acceptors (Lipinski definition) is 4. The number of hydrogen-bond donors (Lipinski definition) is 1. The maximum Gasteiger partial charge on any atom is 0.307 e. The van der Waals surface area contributed by atoms with Crippen LogP contribution >= 0.6 is 0 Å². The van der Waals surface area contributed by atoms with Crippen molar-refractivity contribution in [1.29, 1.82) is 0 Å². The Morgan fingerprint density at radius 2 is 1.60 bits per heavy atom. The number of aliphatic carboxylic acids is 1. The predicted octanol–water partition coefficient (Wildman–Crippen LogP) is 2.53. The van der Waals surface area contributed by atoms with E-state index < -0.39 is 27.8 Å². The maximum atomic E-state index is 13.0. The monoisotopic (exact) mass is 434 g/mol. The molecule has 2 atom stereocenters. The first-order valence-electron chi connectivity index (χ1n) is 10.6. The highest BCUT2D eigenvalue weighted by Gasteiger charge is 2.38. The summed E-state index contributed by atoms with van der Waals surface area (Å²) in [7, 11) is -3.61. The van der Waals surface area contributed by atoms with E-state index in [0.717, 1.165) is 24.8 Å². The van der Waals surface area contributed by atoms with E-state index in [4.69, 9.17) is 0 Å². The molecule has 3 rings (SSSR count). The molecule has 0 spiro atoms. The molecule has 0 bridgehead atoms. The first-order valence-corrected chi connectivity index (χ1v) is 12.0. The van der Waals surface area contributed by atoms with Crippen LogP contribution in [0.2, 0.25) is 0 Å². The highest BCUT2D eigenvalue weighted by Crippen LogP contribution is 2.28. The highest BCUT2D eigenvalue weighted by molar-refractivity contribution is 7.89. The van der Waals surface area contributed by atoms with Crippen LogP contribution in [0.25, 0.3) is 0 Å². The SMILES string of the molecule is CCCCc1ccc(S(=O)(=O)N2CCN(C(=O)[C@H]3CC=CC[C@@H]3C(=O)O)CC2)cc1. The van der Waals surface area contributed by atoms with Gasteiger partial charge in [-0.25, -0.2) is 8.42 Å². The van der Waals surface area contributed by atoms with E-state index in [1.165, 1.54) is 4.31 Å². The second-order valence-electron chi connectivity index (χ2n) is 7.97. The van der Waals surface area contributed by atoms with E-state index in [1.54, 1.807) is 23.1 Å². The third-order valence-corrected chi connectivity index (χ3v) is 7.91. The van der Waals surface area contributed by atoms with Crippen molar-refractivity contribution in [2.45, 2.75) is 43.9 Å². The van der Waals surface area contributed by atoms with Crippen LogP contribution in [0.3, 0.4) is 0 Å². The van der Waals surface area contributed by atoms with E-state index in [2.05, 4.69) is 6.92 Å². The van der Waals surface area contributed by atoms with Crippen LogP contribution in [0.15, 0.2) is 41.3 Å². The van der Waals surface area contributed by atoms with E-state index in [-0.39, 0.29) is 37.0 Å². The van der Waals surface area contributed by atoms with Gasteiger partial charge in [0.2, 0.25) is 15.9 Å². The maximum absolute atomic E-state index is 13.0. The fraction of sp³-hybridized carbons (Fsp3) is 0.545. The minimum Gasteiger partial charge on any atom is -0.481 e. The van der Waals surface area contributed by atoms with Crippen molar-refractivity contribution >= 4 is 21.9 Å². The third kappa shape index (κ3) is 4.92. The van der Waals surface area contributed by atoms with Gasteiger partial charge in [-0.15, -0.1) is 0 Å². The Kier molecular flexibility index (Phi) is 7.31. The van der Waals surface area contributed by atoms with Crippen molar-refractivity contribution in [2.75, 3.05) is 26.2 Å². The average Bonchev–Trinajstić information content (AvgIpc) is 2.77. The summed E-state index contributed by atoms with van der Waals surface area (Å²) in [5.41, 5.74) is 1.13. The lowest BCUT2D eigenvalue weighted by Crippen LogP contribution is -2.53. The summed E-state index contributed by atoms with van der Waals surface area (Å²) in [6, 6.07) is 7.04. The van der Waals surface area contributed by atoms with E-state index in [0.29, 0.717) is 12.8 Å². The molecule has 1 aromatic carbocycles. The molecule has 2 aliphatic rings. The van der Waals surface area contributed by atoms with Crippen molar-refractivity contribution in [1.82, 2.24) is 9.21 Å². The fourth-order valence-electron chi connectivity index (χ4n) is 4.10. The zero-order chi connectivity index (χ0) is 21.7. The molecular weight excluding hydrogens is 404 g/mol. The second kappa shape index (κ2) is 9.75. The number of aryl methyl sites for hydroxylation is 1. The molecule has 30 heavy (non-hydrogen) atoms. The summed E-state index contributed by atoms with van der Waals surface area (Å²) < 4.78 is 27.3. The largest absolute Gasteiger partial charge is 0.481 e. The van der Waals surface area contributed by atoms with Crippen LogP contribution in [0.4, 0.5) is 0 Å². The molecule has 1 N–H and O–H groups in total. The smallest absolute Gasteiger partial charge is 0.307 e. The summed E-state index contributed by atoms with van der Waals surface area (Å²) >= 11 is 0. The lowest BCUT2D eigenvalue weighted by molar-refractivity contribution is -0.151. The number of sulfonamides is 1. The molecule has 1 aromatic rings. The van der Waals surface area contributed by atoms with E-state index in [9.17, 15) is 23.1 Å². The molecule has 1 aliphatic carbocycles. The number of allylic oxidation sites excluding steroid dienone is 2. The van der Waals surface area contributed by atoms with Crippen molar-refractivity contribution in [2.24, 2.45) is 11.8 Å². The average molecular weight is 435 g/mol. The number of unbranched alkanes of at least 4 members (excludes halogenated alkanes) is 1. The van der Waals surface area contributed by atoms with Gasteiger partial charge in [-0.3, -0.25) is 9.59 Å². The molecule has 0 aromatic heterocycles. The minimum atomic E-state index is -3.61. The summed E-state index contributed by atoms with van der Waals surface area (Å²) in [6.07, 6.45) is 7.53. The summed E-state index contributed by atoms with van der Waals surface area (Å²) in [6.45, 7) is 3.10. The minimum absolute atomic E-state index is 0.191. The Labute approximate surface area is 178 Å². The Morgan fingerprint density at radius 3 is 2.17 bits per heavy atom. The predicted molar refractivity (Wildman–Crippen MR) is 113 cm³/mol. The Bertz CT molecular complexity index is 887. The molecule has 164 valence electrons. The van der Waals surface area contributed by atoms with Gasteiger partial charge in [0.25, 0.3) is 0 Å². The standard InChI is InChI=1S/C22H30N2O5S/c1-2-3-6-17-9-11-18(12-10-17)30(28,29)24-15-13-23(14-16-24)21(25)19-7-4-5-8-20(19)22(26)27/h4-5,9-12,19-20H,2-3,6-8,13-16H2,1H3,(H,26,27)/t19-,20-/m0/s1. The molecule has 8 heteroatoms. The van der Waals surface area contributed by atoms with E-state index >= 15 is 0 Å². The second-order valence-corrected chi connectivity index (χ2v) is 9.91. The molecule has 0 unspecified atom stereocenters. The summed E-state index contributed by atoms with van der Waals surface area (Å²) in [5.74, 6) is -2.44. The van der Waals surface area contributed by atoms with Gasteiger partial charge in [0.15, 0.2) is 0 Å². The van der Waals surface area contributed by atoms with Crippen LogP contribution in [-0.4, -0.2) is 60.8 Å². The van der Waals surface area contributed by atoms with Crippen LogP contribution < -0.4 is 0 Å². The molecular formula is C22H30N2O5S. The Hall–Kier alpha value is -2.19. The third-order valence-electron chi connectivity index (χ3n) is 6.00. The molecule has 0 radical (unpaired) electrons. The molecule has 1 amide bonds. The first kappa shape index (κ1) is 22.5. The first-order chi connectivity index (χ1) is 14.3. The molecule has 1 aliphatic heterocycles. The zero-order valence-corrected chi connectivity index (χ0v) is 18.2. The number of nitrogens with zero attached hydrogens (tertiary/aromatic N) is 2. The van der Waals surface area contributed by atoms with Gasteiger partial charge >= 0.3 is 5.97 Å². The summed E-state index contributed by atoms with van der Waals surface area (Å²) in [5, 5.41) is 9.41. The van der Waals surface area contributed by atoms with Gasteiger partial charge in [-0.1, -0.05) is 37.6 Å².